The number of hydrogen-bond donors (Lipinski definition) is 2. The summed E-state index contributed by atoms with van der Waals surface area (Å²) in [6, 6.07) is 0.294. The quantitative estimate of drug-likeness (QED) is 0.825. The van der Waals surface area contributed by atoms with Gasteiger partial charge in [-0.3, -0.25) is 9.59 Å². The number of rotatable bonds is 3. The highest BCUT2D eigenvalue weighted by Crippen LogP contribution is 2.33. The summed E-state index contributed by atoms with van der Waals surface area (Å²) in [6.45, 7) is 4.52. The summed E-state index contributed by atoms with van der Waals surface area (Å²) in [4.78, 5) is 23.1. The second-order valence-electron chi connectivity index (χ2n) is 6.52. The van der Waals surface area contributed by atoms with Crippen molar-refractivity contribution in [3.63, 3.8) is 0 Å². The first-order chi connectivity index (χ1) is 8.97. The summed E-state index contributed by atoms with van der Waals surface area (Å²) in [5.41, 5.74) is 0. The average molecular weight is 267 g/mol. The molecule has 2 saturated carbocycles. The number of nitrogens with one attached hydrogen (secondary N) is 1. The number of carboxylic acids is 1. The minimum absolute atomic E-state index is 0.0792. The molecule has 19 heavy (non-hydrogen) atoms. The summed E-state index contributed by atoms with van der Waals surface area (Å²) in [5.74, 6) is 0.327. The van der Waals surface area contributed by atoms with Crippen LogP contribution in [-0.4, -0.2) is 23.0 Å². The predicted molar refractivity (Wildman–Crippen MR) is 72.6 cm³/mol. The maximum Gasteiger partial charge on any atom is 0.306 e. The van der Waals surface area contributed by atoms with Crippen LogP contribution < -0.4 is 5.32 Å². The molecule has 5 atom stereocenters. The van der Waals surface area contributed by atoms with Crippen molar-refractivity contribution in [1.82, 2.24) is 5.32 Å². The molecule has 0 spiro atoms. The Morgan fingerprint density at radius 3 is 2.21 bits per heavy atom. The van der Waals surface area contributed by atoms with Crippen molar-refractivity contribution < 1.29 is 14.7 Å². The van der Waals surface area contributed by atoms with Crippen LogP contribution in [-0.2, 0) is 9.59 Å². The molecule has 3 unspecified atom stereocenters. The number of hydrogen-bond acceptors (Lipinski definition) is 2. The standard InChI is InChI=1S/C15H25NO3/c1-9-3-6-13(7-10(9)2)16-14(17)11-4-5-12(8-11)15(18)19/h9-13H,3-8H2,1-2H3,(H,16,17)(H,18,19)/t9?,10?,11-,12+,13?/m1/s1. The van der Waals surface area contributed by atoms with Gasteiger partial charge in [-0.2, -0.15) is 0 Å². The lowest BCUT2D eigenvalue weighted by atomic mass is 9.79. The molecule has 0 heterocycles. The zero-order valence-electron chi connectivity index (χ0n) is 11.9. The van der Waals surface area contributed by atoms with E-state index < -0.39 is 5.97 Å². The normalized spacial score (nSPS) is 38.9. The van der Waals surface area contributed by atoms with Crippen molar-refractivity contribution in [3.8, 4) is 0 Å². The first kappa shape index (κ1) is 14.4. The molecule has 4 heteroatoms. The van der Waals surface area contributed by atoms with Crippen LogP contribution in [0.5, 0.6) is 0 Å². The van der Waals surface area contributed by atoms with E-state index in [-0.39, 0.29) is 17.7 Å². The Balaban J connectivity index is 1.80. The van der Waals surface area contributed by atoms with Crippen molar-refractivity contribution in [1.29, 1.82) is 0 Å². The van der Waals surface area contributed by atoms with Gasteiger partial charge in [-0.15, -0.1) is 0 Å². The molecule has 2 rings (SSSR count). The Morgan fingerprint density at radius 1 is 0.947 bits per heavy atom. The zero-order valence-corrected chi connectivity index (χ0v) is 11.9. The monoisotopic (exact) mass is 267 g/mol. The third-order valence-corrected chi connectivity index (χ3v) is 5.10. The number of aliphatic carboxylic acids is 1. The average Bonchev–Trinajstić information content (AvgIpc) is 2.83. The Labute approximate surface area is 115 Å². The van der Waals surface area contributed by atoms with Crippen LogP contribution in [0.2, 0.25) is 0 Å². The fraction of sp³-hybridized carbons (Fsp3) is 0.867. The predicted octanol–water partition coefficient (Wildman–Crippen LogP) is 2.43. The van der Waals surface area contributed by atoms with Crippen LogP contribution in [0.25, 0.3) is 0 Å². The van der Waals surface area contributed by atoms with E-state index in [1.807, 2.05) is 0 Å². The van der Waals surface area contributed by atoms with E-state index in [0.717, 1.165) is 25.2 Å². The maximum atomic E-state index is 12.2. The molecule has 2 aliphatic rings. The lowest BCUT2D eigenvalue weighted by Gasteiger charge is -2.33. The number of carboxylic acid groups (broad SMARTS) is 1. The van der Waals surface area contributed by atoms with Gasteiger partial charge in [-0.05, 0) is 50.4 Å². The minimum atomic E-state index is -0.754. The molecule has 4 nitrogen and oxygen atoms in total. The Morgan fingerprint density at radius 2 is 1.63 bits per heavy atom. The zero-order chi connectivity index (χ0) is 14.0. The fourth-order valence-corrected chi connectivity index (χ4v) is 3.44. The van der Waals surface area contributed by atoms with Crippen LogP contribution in [0.4, 0.5) is 0 Å². The summed E-state index contributed by atoms with van der Waals surface area (Å²) >= 11 is 0. The van der Waals surface area contributed by atoms with Gasteiger partial charge in [-0.25, -0.2) is 0 Å². The summed E-state index contributed by atoms with van der Waals surface area (Å²) in [6.07, 6.45) is 5.18. The Kier molecular flexibility index (Phi) is 4.48. The van der Waals surface area contributed by atoms with E-state index in [0.29, 0.717) is 24.8 Å². The molecule has 0 aromatic heterocycles. The highest BCUT2D eigenvalue weighted by Gasteiger charge is 2.35. The van der Waals surface area contributed by atoms with Gasteiger partial charge in [0, 0.05) is 12.0 Å². The van der Waals surface area contributed by atoms with E-state index in [4.69, 9.17) is 5.11 Å². The van der Waals surface area contributed by atoms with Gasteiger partial charge in [0.25, 0.3) is 0 Å². The summed E-state index contributed by atoms with van der Waals surface area (Å²) in [5, 5.41) is 12.1. The second-order valence-corrected chi connectivity index (χ2v) is 6.52. The molecule has 0 saturated heterocycles. The molecular weight excluding hydrogens is 242 g/mol. The molecule has 0 aromatic rings. The molecule has 0 radical (unpaired) electrons. The lowest BCUT2D eigenvalue weighted by Crippen LogP contribution is -2.42. The van der Waals surface area contributed by atoms with Crippen molar-refractivity contribution in [3.05, 3.63) is 0 Å². The van der Waals surface area contributed by atoms with Crippen LogP contribution in [0.1, 0.15) is 52.4 Å². The summed E-state index contributed by atoms with van der Waals surface area (Å²) < 4.78 is 0. The lowest BCUT2D eigenvalue weighted by molar-refractivity contribution is -0.141. The van der Waals surface area contributed by atoms with E-state index >= 15 is 0 Å². The van der Waals surface area contributed by atoms with Crippen molar-refractivity contribution >= 4 is 11.9 Å². The van der Waals surface area contributed by atoms with Crippen LogP contribution in [0, 0.1) is 23.7 Å². The largest absolute Gasteiger partial charge is 0.481 e. The Bertz CT molecular complexity index is 355. The highest BCUT2D eigenvalue weighted by molar-refractivity contribution is 5.81. The van der Waals surface area contributed by atoms with Crippen LogP contribution >= 0.6 is 0 Å². The van der Waals surface area contributed by atoms with E-state index in [1.165, 1.54) is 6.42 Å². The highest BCUT2D eigenvalue weighted by atomic mass is 16.4. The van der Waals surface area contributed by atoms with Crippen LogP contribution in [0.3, 0.4) is 0 Å². The third kappa shape index (κ3) is 3.48. The molecule has 0 aliphatic heterocycles. The Hall–Kier alpha value is -1.06. The van der Waals surface area contributed by atoms with E-state index in [1.54, 1.807) is 0 Å². The number of amides is 1. The SMILES string of the molecule is CC1CCC(NC(=O)[C@@H]2CC[C@H](C(=O)O)C2)CC1C. The smallest absolute Gasteiger partial charge is 0.306 e. The van der Waals surface area contributed by atoms with Gasteiger partial charge in [0.15, 0.2) is 0 Å². The minimum Gasteiger partial charge on any atom is -0.481 e. The molecule has 2 aliphatic carbocycles. The van der Waals surface area contributed by atoms with Gasteiger partial charge in [0.05, 0.1) is 5.92 Å². The maximum absolute atomic E-state index is 12.2. The third-order valence-electron chi connectivity index (χ3n) is 5.10. The van der Waals surface area contributed by atoms with Gasteiger partial charge in [0.1, 0.15) is 0 Å². The fourth-order valence-electron chi connectivity index (χ4n) is 3.44. The second kappa shape index (κ2) is 5.93. The van der Waals surface area contributed by atoms with Gasteiger partial charge in [0.2, 0.25) is 5.91 Å². The van der Waals surface area contributed by atoms with Crippen molar-refractivity contribution in [2.24, 2.45) is 23.7 Å². The van der Waals surface area contributed by atoms with Gasteiger partial charge < -0.3 is 10.4 Å². The van der Waals surface area contributed by atoms with Gasteiger partial charge in [-0.1, -0.05) is 13.8 Å². The molecular formula is C15H25NO3. The topological polar surface area (TPSA) is 66.4 Å². The summed E-state index contributed by atoms with van der Waals surface area (Å²) in [7, 11) is 0. The first-order valence-corrected chi connectivity index (χ1v) is 7.50. The van der Waals surface area contributed by atoms with E-state index in [2.05, 4.69) is 19.2 Å². The molecule has 0 bridgehead atoms. The van der Waals surface area contributed by atoms with Crippen molar-refractivity contribution in [2.75, 3.05) is 0 Å². The molecule has 2 N–H and O–H groups in total. The number of carbonyl (C=O) groups is 2. The molecule has 1 amide bonds. The molecule has 2 fully saturated rings. The van der Waals surface area contributed by atoms with E-state index in [9.17, 15) is 9.59 Å². The molecule has 108 valence electrons. The number of carbonyl (C=O) groups excluding carboxylic acids is 1. The van der Waals surface area contributed by atoms with Gasteiger partial charge >= 0.3 is 5.97 Å². The molecule has 0 aromatic carbocycles. The van der Waals surface area contributed by atoms with Crippen molar-refractivity contribution in [2.45, 2.75) is 58.4 Å². The first-order valence-electron chi connectivity index (χ1n) is 7.50. The van der Waals surface area contributed by atoms with Crippen LogP contribution in [0.15, 0.2) is 0 Å².